The lowest BCUT2D eigenvalue weighted by Crippen LogP contribution is -2.30. The van der Waals surface area contributed by atoms with E-state index in [1.807, 2.05) is 0 Å². The SMILES string of the molecule is COCC1CCN(C(=O)CC(=O)O)C1. The third-order valence-corrected chi connectivity index (χ3v) is 2.34. The molecule has 1 atom stereocenters. The largest absolute Gasteiger partial charge is 0.481 e. The molecule has 1 aliphatic rings. The van der Waals surface area contributed by atoms with Crippen LogP contribution in [-0.4, -0.2) is 48.7 Å². The molecule has 0 saturated carbocycles. The maximum atomic E-state index is 11.3. The third kappa shape index (κ3) is 2.99. The Morgan fingerprint density at radius 3 is 2.86 bits per heavy atom. The molecule has 1 aliphatic heterocycles. The summed E-state index contributed by atoms with van der Waals surface area (Å²) in [5.74, 6) is -1.00. The fraction of sp³-hybridized carbons (Fsp3) is 0.778. The Balaban J connectivity index is 2.34. The quantitative estimate of drug-likeness (QED) is 0.648. The van der Waals surface area contributed by atoms with Crippen LogP contribution in [0.1, 0.15) is 12.8 Å². The van der Waals surface area contributed by atoms with Gasteiger partial charge in [0, 0.05) is 26.1 Å². The predicted molar refractivity (Wildman–Crippen MR) is 48.8 cm³/mol. The zero-order chi connectivity index (χ0) is 10.6. The van der Waals surface area contributed by atoms with Crippen LogP contribution in [0.4, 0.5) is 0 Å². The monoisotopic (exact) mass is 201 g/mol. The van der Waals surface area contributed by atoms with Gasteiger partial charge in [-0.2, -0.15) is 0 Å². The van der Waals surface area contributed by atoms with Crippen molar-refractivity contribution in [3.05, 3.63) is 0 Å². The zero-order valence-corrected chi connectivity index (χ0v) is 8.23. The van der Waals surface area contributed by atoms with Crippen LogP contribution in [0.5, 0.6) is 0 Å². The number of ether oxygens (including phenoxy) is 1. The second-order valence-corrected chi connectivity index (χ2v) is 3.52. The molecule has 1 heterocycles. The molecule has 0 aliphatic carbocycles. The Kier molecular flexibility index (Phi) is 3.88. The lowest BCUT2D eigenvalue weighted by atomic mass is 10.1. The third-order valence-electron chi connectivity index (χ3n) is 2.34. The van der Waals surface area contributed by atoms with Crippen molar-refractivity contribution in [3.8, 4) is 0 Å². The number of methoxy groups -OCH3 is 1. The second kappa shape index (κ2) is 4.95. The summed E-state index contributed by atoms with van der Waals surface area (Å²) in [4.78, 5) is 23.2. The number of amides is 1. The number of hydrogen-bond donors (Lipinski definition) is 1. The Morgan fingerprint density at radius 1 is 1.57 bits per heavy atom. The van der Waals surface area contributed by atoms with E-state index in [1.165, 1.54) is 0 Å². The highest BCUT2D eigenvalue weighted by atomic mass is 16.5. The van der Waals surface area contributed by atoms with E-state index in [4.69, 9.17) is 9.84 Å². The molecule has 0 bridgehead atoms. The first-order chi connectivity index (χ1) is 6.63. The summed E-state index contributed by atoms with van der Waals surface area (Å²) in [6.07, 6.45) is 0.499. The second-order valence-electron chi connectivity index (χ2n) is 3.52. The summed E-state index contributed by atoms with van der Waals surface area (Å²) in [7, 11) is 1.63. The van der Waals surface area contributed by atoms with E-state index in [2.05, 4.69) is 0 Å². The normalized spacial score (nSPS) is 21.2. The van der Waals surface area contributed by atoms with Crippen molar-refractivity contribution in [3.63, 3.8) is 0 Å². The summed E-state index contributed by atoms with van der Waals surface area (Å²) in [6, 6.07) is 0. The molecule has 1 saturated heterocycles. The van der Waals surface area contributed by atoms with Gasteiger partial charge in [-0.25, -0.2) is 0 Å². The molecule has 0 aromatic rings. The van der Waals surface area contributed by atoms with Crippen LogP contribution >= 0.6 is 0 Å². The minimum Gasteiger partial charge on any atom is -0.481 e. The van der Waals surface area contributed by atoms with Crippen LogP contribution in [0.2, 0.25) is 0 Å². The molecule has 5 nitrogen and oxygen atoms in total. The average molecular weight is 201 g/mol. The summed E-state index contributed by atoms with van der Waals surface area (Å²) in [6.45, 7) is 1.91. The number of carbonyl (C=O) groups excluding carboxylic acids is 1. The highest BCUT2D eigenvalue weighted by Crippen LogP contribution is 2.16. The molecule has 0 spiro atoms. The highest BCUT2D eigenvalue weighted by molar-refractivity contribution is 5.93. The van der Waals surface area contributed by atoms with Gasteiger partial charge in [0.1, 0.15) is 6.42 Å². The number of aliphatic carboxylic acids is 1. The van der Waals surface area contributed by atoms with E-state index in [-0.39, 0.29) is 5.91 Å². The lowest BCUT2D eigenvalue weighted by Gasteiger charge is -2.14. The van der Waals surface area contributed by atoms with Crippen molar-refractivity contribution in [2.24, 2.45) is 5.92 Å². The van der Waals surface area contributed by atoms with Crippen molar-refractivity contribution in [1.29, 1.82) is 0 Å². The van der Waals surface area contributed by atoms with Gasteiger partial charge in [-0.1, -0.05) is 0 Å². The fourth-order valence-electron chi connectivity index (χ4n) is 1.67. The summed E-state index contributed by atoms with van der Waals surface area (Å²) >= 11 is 0. The van der Waals surface area contributed by atoms with Gasteiger partial charge in [0.15, 0.2) is 0 Å². The molecular weight excluding hydrogens is 186 g/mol. The van der Waals surface area contributed by atoms with Crippen LogP contribution in [0.25, 0.3) is 0 Å². The van der Waals surface area contributed by atoms with Crippen LogP contribution in [0.15, 0.2) is 0 Å². The highest BCUT2D eigenvalue weighted by Gasteiger charge is 2.26. The first kappa shape index (κ1) is 11.0. The molecule has 1 unspecified atom stereocenters. The van der Waals surface area contributed by atoms with Crippen molar-refractivity contribution < 1.29 is 19.4 Å². The number of likely N-dealkylation sites (tertiary alicyclic amines) is 1. The van der Waals surface area contributed by atoms with E-state index in [9.17, 15) is 9.59 Å². The molecule has 1 N–H and O–H groups in total. The standard InChI is InChI=1S/C9H15NO4/c1-14-6-7-2-3-10(5-7)8(11)4-9(12)13/h7H,2-6H2,1H3,(H,12,13). The number of carboxylic acid groups (broad SMARTS) is 1. The van der Waals surface area contributed by atoms with Gasteiger partial charge in [0.05, 0.1) is 6.61 Å². The van der Waals surface area contributed by atoms with E-state index in [0.29, 0.717) is 25.6 Å². The number of nitrogens with zero attached hydrogens (tertiary/aromatic N) is 1. The predicted octanol–water partition coefficient (Wildman–Crippen LogP) is -0.0440. The molecule has 5 heteroatoms. The Labute approximate surface area is 82.6 Å². The van der Waals surface area contributed by atoms with Crippen molar-refractivity contribution in [2.45, 2.75) is 12.8 Å². The van der Waals surface area contributed by atoms with E-state index >= 15 is 0 Å². The number of hydrogen-bond acceptors (Lipinski definition) is 3. The number of rotatable bonds is 4. The molecule has 1 fully saturated rings. The first-order valence-electron chi connectivity index (χ1n) is 4.62. The topological polar surface area (TPSA) is 66.8 Å². The van der Waals surface area contributed by atoms with Crippen LogP contribution in [0.3, 0.4) is 0 Å². The molecule has 80 valence electrons. The zero-order valence-electron chi connectivity index (χ0n) is 8.23. The Bertz CT molecular complexity index is 229. The Morgan fingerprint density at radius 2 is 2.29 bits per heavy atom. The van der Waals surface area contributed by atoms with Crippen molar-refractivity contribution in [2.75, 3.05) is 26.8 Å². The van der Waals surface area contributed by atoms with Gasteiger partial charge in [-0.3, -0.25) is 9.59 Å². The molecule has 0 radical (unpaired) electrons. The Hall–Kier alpha value is -1.10. The average Bonchev–Trinajstić information content (AvgIpc) is 2.52. The van der Waals surface area contributed by atoms with Gasteiger partial charge in [0.25, 0.3) is 0 Å². The lowest BCUT2D eigenvalue weighted by molar-refractivity contribution is -0.143. The molecule has 1 amide bonds. The van der Waals surface area contributed by atoms with E-state index in [1.54, 1.807) is 12.0 Å². The van der Waals surface area contributed by atoms with Gasteiger partial charge in [-0.05, 0) is 6.42 Å². The van der Waals surface area contributed by atoms with Crippen molar-refractivity contribution >= 4 is 11.9 Å². The summed E-state index contributed by atoms with van der Waals surface area (Å²) in [5.41, 5.74) is 0. The molecule has 0 aromatic carbocycles. The van der Waals surface area contributed by atoms with E-state index < -0.39 is 12.4 Å². The van der Waals surface area contributed by atoms with Crippen molar-refractivity contribution in [1.82, 2.24) is 4.90 Å². The van der Waals surface area contributed by atoms with Crippen LogP contribution < -0.4 is 0 Å². The van der Waals surface area contributed by atoms with Crippen LogP contribution in [-0.2, 0) is 14.3 Å². The molecule has 1 rings (SSSR count). The van der Waals surface area contributed by atoms with Crippen LogP contribution in [0, 0.1) is 5.92 Å². The smallest absolute Gasteiger partial charge is 0.312 e. The van der Waals surface area contributed by atoms with E-state index in [0.717, 1.165) is 6.42 Å². The fourth-order valence-corrected chi connectivity index (χ4v) is 1.67. The minimum absolute atomic E-state index is 0.295. The molecular formula is C9H15NO4. The molecule has 0 aromatic heterocycles. The van der Waals surface area contributed by atoms with Gasteiger partial charge >= 0.3 is 5.97 Å². The first-order valence-corrected chi connectivity index (χ1v) is 4.62. The number of carboxylic acids is 1. The maximum absolute atomic E-state index is 11.3. The maximum Gasteiger partial charge on any atom is 0.312 e. The summed E-state index contributed by atoms with van der Waals surface area (Å²) in [5, 5.41) is 8.44. The van der Waals surface area contributed by atoms with Gasteiger partial charge in [0.2, 0.25) is 5.91 Å². The number of carbonyl (C=O) groups is 2. The minimum atomic E-state index is -1.06. The molecule has 14 heavy (non-hydrogen) atoms. The van der Waals surface area contributed by atoms with Gasteiger partial charge < -0.3 is 14.7 Å². The van der Waals surface area contributed by atoms with Gasteiger partial charge in [-0.15, -0.1) is 0 Å². The summed E-state index contributed by atoms with van der Waals surface area (Å²) < 4.78 is 4.98.